The molecule has 0 aliphatic carbocycles. The number of hydrogen-bond acceptors (Lipinski definition) is 5. The largest absolute Gasteiger partial charge is 0.479 e. The van der Waals surface area contributed by atoms with Gasteiger partial charge in [0.1, 0.15) is 31.1 Å². The van der Waals surface area contributed by atoms with Gasteiger partial charge in [-0.2, -0.15) is 0 Å². The Morgan fingerprint density at radius 2 is 2.39 bits per heavy atom. The molecule has 0 saturated carbocycles. The molecule has 0 saturated heterocycles. The second-order valence-corrected chi connectivity index (χ2v) is 3.65. The van der Waals surface area contributed by atoms with Gasteiger partial charge in [-0.3, -0.25) is 4.79 Å². The molecule has 0 aliphatic rings. The first-order valence-corrected chi connectivity index (χ1v) is 5.60. The maximum absolute atomic E-state index is 11.6. The average molecular weight is 250 g/mol. The Kier molecular flexibility index (Phi) is 3.78. The molecule has 2 rings (SSSR count). The first kappa shape index (κ1) is 12.4. The van der Waals surface area contributed by atoms with E-state index in [1.54, 1.807) is 6.20 Å². The molecule has 1 N–H and O–H groups in total. The van der Waals surface area contributed by atoms with Gasteiger partial charge in [0.15, 0.2) is 0 Å². The zero-order chi connectivity index (χ0) is 13.0. The minimum absolute atomic E-state index is 0.109. The summed E-state index contributed by atoms with van der Waals surface area (Å²) in [6.45, 7) is 2.67. The zero-order valence-electron chi connectivity index (χ0n) is 10.00. The monoisotopic (exact) mass is 250 g/mol. The molecule has 0 aliphatic heterocycles. The van der Waals surface area contributed by atoms with Crippen LogP contribution >= 0.6 is 0 Å². The van der Waals surface area contributed by atoms with Crippen molar-refractivity contribution in [2.45, 2.75) is 26.7 Å². The highest BCUT2D eigenvalue weighted by molar-refractivity contribution is 5.17. The summed E-state index contributed by atoms with van der Waals surface area (Å²) in [7, 11) is 0. The molecule has 0 atom stereocenters. The number of aliphatic hydroxyl groups excluding tert-OH is 1. The van der Waals surface area contributed by atoms with E-state index < -0.39 is 0 Å². The lowest BCUT2D eigenvalue weighted by Crippen LogP contribution is -2.11. The molecule has 96 valence electrons. The Morgan fingerprint density at radius 3 is 3.06 bits per heavy atom. The van der Waals surface area contributed by atoms with Gasteiger partial charge in [-0.05, 0) is 6.92 Å². The van der Waals surface area contributed by atoms with Crippen LogP contribution in [0.25, 0.3) is 0 Å². The van der Waals surface area contributed by atoms with Crippen molar-refractivity contribution in [1.29, 1.82) is 0 Å². The van der Waals surface area contributed by atoms with Crippen LogP contribution in [0.15, 0.2) is 33.9 Å². The van der Waals surface area contributed by atoms with Gasteiger partial charge in [0, 0.05) is 25.0 Å². The van der Waals surface area contributed by atoms with Crippen LogP contribution in [0, 0.1) is 0 Å². The van der Waals surface area contributed by atoms with Crippen LogP contribution in [-0.4, -0.2) is 14.7 Å². The third-order valence-electron chi connectivity index (χ3n) is 2.51. The summed E-state index contributed by atoms with van der Waals surface area (Å²) in [4.78, 5) is 15.7. The highest BCUT2D eigenvalue weighted by Crippen LogP contribution is 2.08. The predicted molar refractivity (Wildman–Crippen MR) is 63.1 cm³/mol. The minimum Gasteiger partial charge on any atom is -0.479 e. The van der Waals surface area contributed by atoms with Crippen LogP contribution < -0.4 is 10.2 Å². The predicted octanol–water partition coefficient (Wildman–Crippen LogP) is 0.927. The van der Waals surface area contributed by atoms with Gasteiger partial charge in [0.05, 0.1) is 0 Å². The third kappa shape index (κ3) is 2.60. The summed E-state index contributed by atoms with van der Waals surface area (Å²) in [6.07, 6.45) is 4.72. The van der Waals surface area contributed by atoms with Gasteiger partial charge < -0.3 is 18.8 Å². The van der Waals surface area contributed by atoms with Gasteiger partial charge in [0.2, 0.25) is 11.2 Å². The van der Waals surface area contributed by atoms with Crippen molar-refractivity contribution < 1.29 is 14.3 Å². The van der Waals surface area contributed by atoms with E-state index in [4.69, 9.17) is 14.3 Å². The molecule has 6 heteroatoms. The number of aryl methyl sites for hydroxylation is 1. The van der Waals surface area contributed by atoms with Crippen LogP contribution in [0.2, 0.25) is 0 Å². The van der Waals surface area contributed by atoms with E-state index in [1.807, 2.05) is 17.7 Å². The lowest BCUT2D eigenvalue weighted by molar-refractivity contribution is 0.234. The van der Waals surface area contributed by atoms with Gasteiger partial charge >= 0.3 is 0 Å². The summed E-state index contributed by atoms with van der Waals surface area (Å²) < 4.78 is 12.3. The zero-order valence-corrected chi connectivity index (χ0v) is 10.00. The normalized spacial score (nSPS) is 10.6. The maximum atomic E-state index is 11.6. The van der Waals surface area contributed by atoms with Gasteiger partial charge in [-0.15, -0.1) is 0 Å². The molecule has 0 bridgehead atoms. The van der Waals surface area contributed by atoms with E-state index in [1.165, 1.54) is 12.3 Å². The second-order valence-electron chi connectivity index (χ2n) is 3.65. The Hall–Kier alpha value is -2.08. The smallest absolute Gasteiger partial charge is 0.227 e. The SMILES string of the molecule is CCn1ccnc1COc1coc(CO)cc1=O. The molecule has 0 radical (unpaired) electrons. The van der Waals surface area contributed by atoms with E-state index in [0.29, 0.717) is 0 Å². The number of hydrogen-bond donors (Lipinski definition) is 1. The van der Waals surface area contributed by atoms with Crippen molar-refractivity contribution in [1.82, 2.24) is 9.55 Å². The molecule has 2 aromatic rings. The van der Waals surface area contributed by atoms with E-state index in [-0.39, 0.29) is 30.2 Å². The number of rotatable bonds is 5. The van der Waals surface area contributed by atoms with Crippen LogP contribution in [0.4, 0.5) is 0 Å². The molecule has 0 spiro atoms. The van der Waals surface area contributed by atoms with E-state index in [9.17, 15) is 4.79 Å². The molecular formula is C12H14N2O4. The Morgan fingerprint density at radius 1 is 1.56 bits per heavy atom. The number of imidazole rings is 1. The molecule has 0 aromatic carbocycles. The quantitative estimate of drug-likeness (QED) is 0.854. The maximum Gasteiger partial charge on any atom is 0.227 e. The Bertz CT molecular complexity index is 573. The number of nitrogens with zero attached hydrogens (tertiary/aromatic N) is 2. The highest BCUT2D eigenvalue weighted by Gasteiger charge is 2.07. The standard InChI is InChI=1S/C12H14N2O4/c1-2-14-4-3-13-12(14)8-18-11-7-17-9(6-15)5-10(11)16/h3-5,7,15H,2,6,8H2,1H3. The summed E-state index contributed by atoms with van der Waals surface area (Å²) in [5, 5.41) is 8.81. The fourth-order valence-corrected chi connectivity index (χ4v) is 1.54. The first-order chi connectivity index (χ1) is 8.74. The fourth-order valence-electron chi connectivity index (χ4n) is 1.54. The average Bonchev–Trinajstić information content (AvgIpc) is 2.84. The lowest BCUT2D eigenvalue weighted by atomic mass is 10.4. The number of aliphatic hydroxyl groups is 1. The summed E-state index contributed by atoms with van der Waals surface area (Å²) in [5.41, 5.74) is -0.320. The molecular weight excluding hydrogens is 236 g/mol. The van der Waals surface area contributed by atoms with Crippen LogP contribution in [-0.2, 0) is 19.8 Å². The van der Waals surface area contributed by atoms with Crippen LogP contribution in [0.1, 0.15) is 18.5 Å². The Labute approximate surface area is 103 Å². The topological polar surface area (TPSA) is 77.5 Å². The molecule has 2 heterocycles. The van der Waals surface area contributed by atoms with E-state index >= 15 is 0 Å². The van der Waals surface area contributed by atoms with Crippen LogP contribution in [0.3, 0.4) is 0 Å². The molecule has 18 heavy (non-hydrogen) atoms. The van der Waals surface area contributed by atoms with Crippen molar-refractivity contribution in [2.75, 3.05) is 0 Å². The minimum atomic E-state index is -0.320. The van der Waals surface area contributed by atoms with Gasteiger partial charge in [-0.25, -0.2) is 4.98 Å². The fraction of sp³-hybridized carbons (Fsp3) is 0.333. The Balaban J connectivity index is 2.09. The summed E-state index contributed by atoms with van der Waals surface area (Å²) in [5.74, 6) is 1.06. The van der Waals surface area contributed by atoms with Crippen LogP contribution in [0.5, 0.6) is 5.75 Å². The molecule has 6 nitrogen and oxygen atoms in total. The molecule has 0 unspecified atom stereocenters. The summed E-state index contributed by atoms with van der Waals surface area (Å²) >= 11 is 0. The van der Waals surface area contributed by atoms with E-state index in [2.05, 4.69) is 4.98 Å². The second kappa shape index (κ2) is 5.50. The number of ether oxygens (including phenoxy) is 1. The first-order valence-electron chi connectivity index (χ1n) is 5.60. The van der Waals surface area contributed by atoms with E-state index in [0.717, 1.165) is 12.4 Å². The van der Waals surface area contributed by atoms with Crippen molar-refractivity contribution in [3.63, 3.8) is 0 Å². The molecule has 0 amide bonds. The van der Waals surface area contributed by atoms with Gasteiger partial charge in [0.25, 0.3) is 0 Å². The summed E-state index contributed by atoms with van der Waals surface area (Å²) in [6, 6.07) is 1.21. The third-order valence-corrected chi connectivity index (χ3v) is 2.51. The molecule has 2 aromatic heterocycles. The number of aromatic nitrogens is 2. The van der Waals surface area contributed by atoms with Crippen molar-refractivity contribution in [2.24, 2.45) is 0 Å². The highest BCUT2D eigenvalue weighted by atomic mass is 16.5. The van der Waals surface area contributed by atoms with Crippen molar-refractivity contribution in [3.8, 4) is 5.75 Å². The van der Waals surface area contributed by atoms with Gasteiger partial charge in [-0.1, -0.05) is 0 Å². The van der Waals surface area contributed by atoms with Crippen molar-refractivity contribution in [3.05, 3.63) is 46.5 Å². The lowest BCUT2D eigenvalue weighted by Gasteiger charge is -2.06. The molecule has 0 fully saturated rings. The van der Waals surface area contributed by atoms with Crippen molar-refractivity contribution >= 4 is 0 Å².